The second-order valence-corrected chi connectivity index (χ2v) is 12.9. The zero-order chi connectivity index (χ0) is 25.7. The third-order valence-electron chi connectivity index (χ3n) is 8.29. The number of pyridine rings is 1. The SMILES string of the molecule is CN(C)CCC1CCN(c2cc(C(=O)NCC3CCC(CC(C)(C)C)CC3)c3ccccc3n2)CC1. The summed E-state index contributed by atoms with van der Waals surface area (Å²) in [5.41, 5.74) is 2.09. The minimum Gasteiger partial charge on any atom is -0.357 e. The number of rotatable bonds is 8. The summed E-state index contributed by atoms with van der Waals surface area (Å²) in [6, 6.07) is 10.1. The largest absolute Gasteiger partial charge is 0.357 e. The molecular formula is C31H48N4O. The van der Waals surface area contributed by atoms with Gasteiger partial charge in [-0.3, -0.25) is 4.79 Å². The van der Waals surface area contributed by atoms with Crippen LogP contribution in [0, 0.1) is 23.2 Å². The van der Waals surface area contributed by atoms with Crippen LogP contribution in [0.25, 0.3) is 10.9 Å². The zero-order valence-electron chi connectivity index (χ0n) is 23.4. The van der Waals surface area contributed by atoms with Crippen LogP contribution in [0.15, 0.2) is 30.3 Å². The fraction of sp³-hybridized carbons (Fsp3) is 0.677. The molecule has 36 heavy (non-hydrogen) atoms. The highest BCUT2D eigenvalue weighted by atomic mass is 16.1. The first-order valence-electron chi connectivity index (χ1n) is 14.3. The number of nitrogens with zero attached hydrogens (tertiary/aromatic N) is 3. The highest BCUT2D eigenvalue weighted by Crippen LogP contribution is 2.36. The molecule has 1 saturated heterocycles. The van der Waals surface area contributed by atoms with E-state index < -0.39 is 0 Å². The van der Waals surface area contributed by atoms with Crippen molar-refractivity contribution in [2.75, 3.05) is 45.2 Å². The van der Waals surface area contributed by atoms with Crippen LogP contribution >= 0.6 is 0 Å². The number of para-hydroxylation sites is 1. The lowest BCUT2D eigenvalue weighted by Gasteiger charge is -2.33. The zero-order valence-corrected chi connectivity index (χ0v) is 23.4. The highest BCUT2D eigenvalue weighted by Gasteiger charge is 2.26. The molecule has 1 N–H and O–H groups in total. The maximum absolute atomic E-state index is 13.4. The third-order valence-corrected chi connectivity index (χ3v) is 8.29. The van der Waals surface area contributed by atoms with Gasteiger partial charge in [0, 0.05) is 25.0 Å². The van der Waals surface area contributed by atoms with Crippen LogP contribution in [-0.4, -0.2) is 56.1 Å². The average molecular weight is 493 g/mol. The molecule has 2 aliphatic rings. The van der Waals surface area contributed by atoms with Gasteiger partial charge in [0.2, 0.25) is 0 Å². The monoisotopic (exact) mass is 492 g/mol. The Labute approximate surface area is 219 Å². The van der Waals surface area contributed by atoms with Crippen LogP contribution in [0.4, 0.5) is 5.82 Å². The van der Waals surface area contributed by atoms with Gasteiger partial charge in [-0.1, -0.05) is 51.8 Å². The van der Waals surface area contributed by atoms with Crippen molar-refractivity contribution in [2.24, 2.45) is 23.2 Å². The molecule has 0 radical (unpaired) electrons. The molecule has 2 heterocycles. The molecule has 2 fully saturated rings. The predicted octanol–water partition coefficient (Wildman–Crippen LogP) is 6.38. The molecule has 4 rings (SSSR count). The molecule has 5 nitrogen and oxygen atoms in total. The van der Waals surface area contributed by atoms with Crippen LogP contribution in [0.1, 0.15) is 82.5 Å². The van der Waals surface area contributed by atoms with Crippen LogP contribution in [0.3, 0.4) is 0 Å². The average Bonchev–Trinajstić information content (AvgIpc) is 2.85. The first-order valence-corrected chi connectivity index (χ1v) is 14.3. The molecule has 0 spiro atoms. The molecule has 1 aliphatic carbocycles. The summed E-state index contributed by atoms with van der Waals surface area (Å²) in [5, 5.41) is 4.25. The standard InChI is InChI=1S/C31H48N4O/c1-31(2,3)21-24-10-12-25(13-11-24)22-32-30(36)27-20-29(33-28-9-7-6-8-26(27)28)35-18-15-23(16-19-35)14-17-34(4)5/h6-9,20,23-25H,10-19,21-22H2,1-5H3,(H,32,36). The third kappa shape index (κ3) is 7.44. The van der Waals surface area contributed by atoms with Crippen molar-refractivity contribution in [3.05, 3.63) is 35.9 Å². The van der Waals surface area contributed by atoms with Crippen molar-refractivity contribution in [2.45, 2.75) is 72.1 Å². The number of amides is 1. The highest BCUT2D eigenvalue weighted by molar-refractivity contribution is 6.07. The summed E-state index contributed by atoms with van der Waals surface area (Å²) in [6.45, 7) is 11.0. The van der Waals surface area contributed by atoms with Gasteiger partial charge >= 0.3 is 0 Å². The molecule has 0 atom stereocenters. The number of anilines is 1. The van der Waals surface area contributed by atoms with Crippen molar-refractivity contribution in [1.29, 1.82) is 0 Å². The van der Waals surface area contributed by atoms with Gasteiger partial charge in [-0.2, -0.15) is 0 Å². The Balaban J connectivity index is 1.38. The number of fused-ring (bicyclic) bond motifs is 1. The normalized spacial score (nSPS) is 21.8. The van der Waals surface area contributed by atoms with Crippen molar-refractivity contribution in [1.82, 2.24) is 15.2 Å². The Morgan fingerprint density at radius 1 is 1.00 bits per heavy atom. The van der Waals surface area contributed by atoms with Gasteiger partial charge in [0.05, 0.1) is 11.1 Å². The van der Waals surface area contributed by atoms with E-state index in [1.54, 1.807) is 0 Å². The first kappa shape index (κ1) is 26.9. The van der Waals surface area contributed by atoms with Gasteiger partial charge < -0.3 is 15.1 Å². The van der Waals surface area contributed by atoms with Gasteiger partial charge in [0.1, 0.15) is 5.82 Å². The Morgan fingerprint density at radius 2 is 1.67 bits per heavy atom. The van der Waals surface area contributed by atoms with Crippen molar-refractivity contribution in [3.8, 4) is 0 Å². The van der Waals surface area contributed by atoms with E-state index in [0.717, 1.165) is 60.3 Å². The molecule has 1 amide bonds. The molecule has 0 unspecified atom stereocenters. The van der Waals surface area contributed by atoms with Gasteiger partial charge in [0.25, 0.3) is 5.91 Å². The van der Waals surface area contributed by atoms with E-state index in [2.05, 4.69) is 50.0 Å². The summed E-state index contributed by atoms with van der Waals surface area (Å²) in [7, 11) is 4.30. The minimum absolute atomic E-state index is 0.0486. The Hall–Kier alpha value is -2.14. The lowest BCUT2D eigenvalue weighted by molar-refractivity contribution is 0.0941. The summed E-state index contributed by atoms with van der Waals surface area (Å²) in [4.78, 5) is 23.1. The molecule has 5 heteroatoms. The number of carbonyl (C=O) groups is 1. The van der Waals surface area contributed by atoms with Crippen LogP contribution in [0.2, 0.25) is 0 Å². The summed E-state index contributed by atoms with van der Waals surface area (Å²) in [6.07, 6.45) is 10.0. The van der Waals surface area contributed by atoms with E-state index in [0.29, 0.717) is 11.3 Å². The second-order valence-electron chi connectivity index (χ2n) is 12.9. The quantitative estimate of drug-likeness (QED) is 0.465. The van der Waals surface area contributed by atoms with Crippen molar-refractivity contribution in [3.63, 3.8) is 0 Å². The smallest absolute Gasteiger partial charge is 0.252 e. The number of carbonyl (C=O) groups excluding carboxylic acids is 1. The molecule has 198 valence electrons. The van der Waals surface area contributed by atoms with Gasteiger partial charge in [-0.05, 0) is 94.5 Å². The van der Waals surface area contributed by atoms with Crippen LogP contribution in [0.5, 0.6) is 0 Å². The molecule has 0 bridgehead atoms. The van der Waals surface area contributed by atoms with E-state index in [-0.39, 0.29) is 5.91 Å². The number of aromatic nitrogens is 1. The summed E-state index contributed by atoms with van der Waals surface area (Å²) >= 11 is 0. The lowest BCUT2D eigenvalue weighted by Crippen LogP contribution is -2.35. The van der Waals surface area contributed by atoms with Gasteiger partial charge in [0.15, 0.2) is 0 Å². The maximum atomic E-state index is 13.4. The number of benzene rings is 1. The second kappa shape index (κ2) is 11.9. The van der Waals surface area contributed by atoms with Gasteiger partial charge in [-0.25, -0.2) is 4.98 Å². The number of hydrogen-bond acceptors (Lipinski definition) is 4. The molecule has 1 aromatic heterocycles. The Bertz CT molecular complexity index is 995. The van der Waals surface area contributed by atoms with Crippen LogP contribution < -0.4 is 10.2 Å². The molecule has 1 aromatic carbocycles. The number of hydrogen-bond donors (Lipinski definition) is 1. The molecule has 1 saturated carbocycles. The number of nitrogens with one attached hydrogen (secondary N) is 1. The van der Waals surface area contributed by atoms with Crippen LogP contribution in [-0.2, 0) is 0 Å². The van der Waals surface area contributed by atoms with Crippen molar-refractivity contribution < 1.29 is 4.79 Å². The number of piperidine rings is 1. The van der Waals surface area contributed by atoms with E-state index in [1.165, 1.54) is 51.4 Å². The molecule has 2 aromatic rings. The lowest BCUT2D eigenvalue weighted by atomic mass is 9.74. The fourth-order valence-electron chi connectivity index (χ4n) is 6.24. The topological polar surface area (TPSA) is 48.5 Å². The molecular weight excluding hydrogens is 444 g/mol. The summed E-state index contributed by atoms with van der Waals surface area (Å²) in [5.74, 6) is 3.22. The van der Waals surface area contributed by atoms with Gasteiger partial charge in [-0.15, -0.1) is 0 Å². The molecule has 1 aliphatic heterocycles. The minimum atomic E-state index is 0.0486. The van der Waals surface area contributed by atoms with E-state index in [9.17, 15) is 4.79 Å². The van der Waals surface area contributed by atoms with Crippen molar-refractivity contribution >= 4 is 22.6 Å². The predicted molar refractivity (Wildman–Crippen MR) is 152 cm³/mol. The van der Waals surface area contributed by atoms with E-state index >= 15 is 0 Å². The fourth-order valence-corrected chi connectivity index (χ4v) is 6.24. The Kier molecular flexibility index (Phi) is 8.92. The Morgan fingerprint density at radius 3 is 2.33 bits per heavy atom. The summed E-state index contributed by atoms with van der Waals surface area (Å²) < 4.78 is 0. The maximum Gasteiger partial charge on any atom is 0.252 e. The van der Waals surface area contributed by atoms with E-state index in [4.69, 9.17) is 4.98 Å². The van der Waals surface area contributed by atoms with E-state index in [1.807, 2.05) is 30.3 Å². The first-order chi connectivity index (χ1) is 17.2.